The molecule has 9 atom stereocenters. The van der Waals surface area contributed by atoms with E-state index in [-0.39, 0.29) is 47.8 Å². The van der Waals surface area contributed by atoms with Crippen LogP contribution in [0.15, 0.2) is 23.3 Å². The Kier molecular flexibility index (Phi) is 4.65. The van der Waals surface area contributed by atoms with E-state index in [0.717, 1.165) is 25.2 Å². The number of hydrogen-bond donors (Lipinski definition) is 0. The molecular formula is C28H38O4. The van der Waals surface area contributed by atoms with Crippen molar-refractivity contribution in [2.24, 2.45) is 40.4 Å². The summed E-state index contributed by atoms with van der Waals surface area (Å²) in [7, 11) is 0. The second kappa shape index (κ2) is 7.04. The van der Waals surface area contributed by atoms with Gasteiger partial charge in [-0.1, -0.05) is 51.2 Å². The molecule has 2 saturated carbocycles. The van der Waals surface area contributed by atoms with E-state index in [1.54, 1.807) is 11.6 Å². The standard InChI is InChI=1S/C28H38O4/c1-5-20-19-13-18-15(2)17(16-9-7-6-8-10-16)14-21(18)31-23(19)24-25-27(3,26(30)32-24)12-11-22(29)28(20,25)4/h11-12,16-17,19-21,23-25H,5-10,13-14H2,1-4H3/t17-,19-,20-,21-,23-,24-,25-,27+,28-/m0/s1. The summed E-state index contributed by atoms with van der Waals surface area (Å²) >= 11 is 0. The summed E-state index contributed by atoms with van der Waals surface area (Å²) < 4.78 is 13.0. The summed E-state index contributed by atoms with van der Waals surface area (Å²) in [6.07, 6.45) is 13.1. The van der Waals surface area contributed by atoms with Crippen molar-refractivity contribution in [2.45, 2.75) is 97.4 Å². The lowest BCUT2D eigenvalue weighted by Crippen LogP contribution is -2.64. The fraction of sp³-hybridized carbons (Fsp3) is 0.786. The molecule has 4 fully saturated rings. The molecule has 0 aromatic carbocycles. The summed E-state index contributed by atoms with van der Waals surface area (Å²) in [5, 5.41) is 0. The molecule has 32 heavy (non-hydrogen) atoms. The highest BCUT2D eigenvalue weighted by Gasteiger charge is 2.72. The first kappa shape index (κ1) is 21.1. The lowest BCUT2D eigenvalue weighted by atomic mass is 9.45. The first-order chi connectivity index (χ1) is 15.3. The van der Waals surface area contributed by atoms with E-state index in [2.05, 4.69) is 20.8 Å². The molecule has 4 nitrogen and oxygen atoms in total. The van der Waals surface area contributed by atoms with Crippen LogP contribution in [0.2, 0.25) is 0 Å². The van der Waals surface area contributed by atoms with Crippen LogP contribution in [0.5, 0.6) is 0 Å². The second-order valence-corrected chi connectivity index (χ2v) is 12.0. The summed E-state index contributed by atoms with van der Waals surface area (Å²) in [5.41, 5.74) is 1.79. The van der Waals surface area contributed by atoms with Gasteiger partial charge in [0.1, 0.15) is 6.10 Å². The molecule has 0 unspecified atom stereocenters. The average molecular weight is 439 g/mol. The number of carbonyl (C=O) groups excluding carboxylic acids is 2. The number of allylic oxidation sites excluding steroid dienone is 2. The number of ether oxygens (including phenoxy) is 2. The van der Waals surface area contributed by atoms with E-state index in [0.29, 0.717) is 5.92 Å². The minimum atomic E-state index is -0.721. The van der Waals surface area contributed by atoms with Crippen LogP contribution >= 0.6 is 0 Å². The molecule has 174 valence electrons. The molecule has 0 aromatic heterocycles. The van der Waals surface area contributed by atoms with Crippen LogP contribution in [0.25, 0.3) is 0 Å². The van der Waals surface area contributed by atoms with E-state index in [1.807, 2.05) is 13.0 Å². The number of rotatable bonds is 2. The topological polar surface area (TPSA) is 52.6 Å². The third-order valence-electron chi connectivity index (χ3n) is 10.8. The Morgan fingerprint density at radius 2 is 1.84 bits per heavy atom. The second-order valence-electron chi connectivity index (χ2n) is 12.0. The predicted molar refractivity (Wildman–Crippen MR) is 122 cm³/mol. The normalized spacial score (nSPS) is 50.2. The van der Waals surface area contributed by atoms with E-state index in [1.165, 1.54) is 37.7 Å². The van der Waals surface area contributed by atoms with E-state index in [4.69, 9.17) is 9.47 Å². The van der Waals surface area contributed by atoms with Gasteiger partial charge >= 0.3 is 5.97 Å². The van der Waals surface area contributed by atoms with E-state index < -0.39 is 10.8 Å². The van der Waals surface area contributed by atoms with E-state index in [9.17, 15) is 9.59 Å². The van der Waals surface area contributed by atoms with Gasteiger partial charge in [-0.05, 0) is 74.9 Å². The average Bonchev–Trinajstić information content (AvgIpc) is 3.26. The Morgan fingerprint density at radius 1 is 1.09 bits per heavy atom. The maximum atomic E-state index is 13.4. The van der Waals surface area contributed by atoms with Crippen LogP contribution in [-0.4, -0.2) is 30.1 Å². The van der Waals surface area contributed by atoms with Crippen molar-refractivity contribution in [3.05, 3.63) is 23.3 Å². The van der Waals surface area contributed by atoms with Gasteiger partial charge in [-0.3, -0.25) is 9.59 Å². The molecule has 0 amide bonds. The number of ketones is 1. The monoisotopic (exact) mass is 438 g/mol. The quantitative estimate of drug-likeness (QED) is 0.427. The van der Waals surface area contributed by atoms with Crippen LogP contribution in [0, 0.1) is 40.4 Å². The SMILES string of the molecule is CC[C@H]1[C@@H]2CC3=C(C)[C@@H](C4CCCCC4)C[C@@H]3O[C@@H]2[C@@H]2OC(=O)[C@]3(C)C=CC(=O)[C@@]1(C)[C@@H]23. The first-order valence-electron chi connectivity index (χ1n) is 13.1. The van der Waals surface area contributed by atoms with Gasteiger partial charge in [0.25, 0.3) is 0 Å². The van der Waals surface area contributed by atoms with Crippen molar-refractivity contribution in [1.82, 2.24) is 0 Å². The smallest absolute Gasteiger partial charge is 0.316 e. The highest BCUT2D eigenvalue weighted by atomic mass is 16.6. The fourth-order valence-electron chi connectivity index (χ4n) is 9.25. The molecule has 4 heteroatoms. The molecule has 2 saturated heterocycles. The first-order valence-corrected chi connectivity index (χ1v) is 13.1. The van der Waals surface area contributed by atoms with Gasteiger partial charge in [0, 0.05) is 11.3 Å². The van der Waals surface area contributed by atoms with Crippen molar-refractivity contribution in [3.8, 4) is 0 Å². The third-order valence-corrected chi connectivity index (χ3v) is 10.8. The van der Waals surface area contributed by atoms with Crippen molar-refractivity contribution in [3.63, 3.8) is 0 Å². The van der Waals surface area contributed by atoms with Gasteiger partial charge in [-0.25, -0.2) is 0 Å². The maximum Gasteiger partial charge on any atom is 0.316 e. The lowest BCUT2D eigenvalue weighted by Gasteiger charge is -2.58. The van der Waals surface area contributed by atoms with Gasteiger partial charge in [0.2, 0.25) is 0 Å². The summed E-state index contributed by atoms with van der Waals surface area (Å²) in [6, 6.07) is 0. The zero-order valence-electron chi connectivity index (χ0n) is 20.1. The van der Waals surface area contributed by atoms with Crippen LogP contribution in [0.1, 0.15) is 79.1 Å². The Bertz CT molecular complexity index is 910. The third kappa shape index (κ3) is 2.54. The van der Waals surface area contributed by atoms with Gasteiger partial charge in [-0.15, -0.1) is 0 Å². The molecule has 0 N–H and O–H groups in total. The van der Waals surface area contributed by atoms with E-state index >= 15 is 0 Å². The Labute approximate surface area is 192 Å². The zero-order chi connectivity index (χ0) is 22.4. The van der Waals surface area contributed by atoms with Gasteiger partial charge in [0.15, 0.2) is 5.78 Å². The minimum Gasteiger partial charge on any atom is -0.459 e. The molecule has 0 radical (unpaired) electrons. The van der Waals surface area contributed by atoms with Crippen molar-refractivity contribution in [1.29, 1.82) is 0 Å². The molecule has 6 aliphatic rings. The summed E-state index contributed by atoms with van der Waals surface area (Å²) in [6.45, 7) is 8.66. The highest BCUT2D eigenvalue weighted by molar-refractivity contribution is 6.00. The van der Waals surface area contributed by atoms with Crippen LogP contribution in [0.4, 0.5) is 0 Å². The molecule has 0 spiro atoms. The number of esters is 1. The highest BCUT2D eigenvalue weighted by Crippen LogP contribution is 2.65. The van der Waals surface area contributed by atoms with Crippen molar-refractivity contribution >= 4 is 11.8 Å². The largest absolute Gasteiger partial charge is 0.459 e. The predicted octanol–water partition coefficient (Wildman–Crippen LogP) is 5.41. The van der Waals surface area contributed by atoms with Gasteiger partial charge in [0.05, 0.1) is 17.6 Å². The number of hydrogen-bond acceptors (Lipinski definition) is 4. The zero-order valence-corrected chi connectivity index (χ0v) is 20.1. The Hall–Kier alpha value is -1.42. The number of carbonyl (C=O) groups is 2. The van der Waals surface area contributed by atoms with Crippen LogP contribution in [-0.2, 0) is 19.1 Å². The van der Waals surface area contributed by atoms with Crippen LogP contribution in [0.3, 0.4) is 0 Å². The summed E-state index contributed by atoms with van der Waals surface area (Å²) in [5.74, 6) is 1.76. The summed E-state index contributed by atoms with van der Waals surface area (Å²) in [4.78, 5) is 26.5. The molecule has 2 heterocycles. The van der Waals surface area contributed by atoms with Crippen molar-refractivity contribution < 1.29 is 19.1 Å². The fourth-order valence-corrected chi connectivity index (χ4v) is 9.25. The molecule has 0 bridgehead atoms. The van der Waals surface area contributed by atoms with Gasteiger partial charge in [-0.2, -0.15) is 0 Å². The van der Waals surface area contributed by atoms with Crippen molar-refractivity contribution in [2.75, 3.05) is 0 Å². The Morgan fingerprint density at radius 3 is 2.56 bits per heavy atom. The molecule has 4 aliphatic carbocycles. The molecular weight excluding hydrogens is 400 g/mol. The Balaban J connectivity index is 1.39. The molecule has 6 rings (SSSR count). The lowest BCUT2D eigenvalue weighted by molar-refractivity contribution is -0.202. The maximum absolute atomic E-state index is 13.4. The molecule has 2 aliphatic heterocycles. The number of fused-ring (bicyclic) bond motifs is 3. The molecule has 0 aromatic rings. The van der Waals surface area contributed by atoms with Crippen LogP contribution < -0.4 is 0 Å². The minimum absolute atomic E-state index is 0.0882. The van der Waals surface area contributed by atoms with Gasteiger partial charge < -0.3 is 9.47 Å².